The summed E-state index contributed by atoms with van der Waals surface area (Å²) in [5.74, 6) is -0.388. The highest BCUT2D eigenvalue weighted by Crippen LogP contribution is 2.22. The van der Waals surface area contributed by atoms with Crippen LogP contribution in [0.3, 0.4) is 0 Å². The van der Waals surface area contributed by atoms with Gasteiger partial charge in [-0.3, -0.25) is 5.32 Å². The van der Waals surface area contributed by atoms with Crippen LogP contribution in [-0.2, 0) is 14.8 Å². The molecule has 0 aliphatic heterocycles. The van der Waals surface area contributed by atoms with Crippen molar-refractivity contribution in [2.75, 3.05) is 11.6 Å². The first-order valence-corrected chi connectivity index (χ1v) is 8.91. The van der Waals surface area contributed by atoms with Crippen molar-refractivity contribution in [2.45, 2.75) is 37.8 Å². The molecule has 1 aliphatic rings. The summed E-state index contributed by atoms with van der Waals surface area (Å²) in [5, 5.41) is 2.51. The van der Waals surface area contributed by atoms with Crippen LogP contribution in [-0.4, -0.2) is 32.9 Å². The highest BCUT2D eigenvalue weighted by Gasteiger charge is 2.26. The zero-order chi connectivity index (χ0) is 16.2. The van der Waals surface area contributed by atoms with Gasteiger partial charge in [-0.15, -0.1) is 0 Å². The predicted molar refractivity (Wildman–Crippen MR) is 80.5 cm³/mol. The highest BCUT2D eigenvalue weighted by atomic mass is 32.2. The third-order valence-corrected chi connectivity index (χ3v) is 4.13. The van der Waals surface area contributed by atoms with E-state index in [2.05, 4.69) is 10.0 Å². The van der Waals surface area contributed by atoms with Gasteiger partial charge in [-0.05, 0) is 43.5 Å². The lowest BCUT2D eigenvalue weighted by molar-refractivity contribution is 0.0793. The Morgan fingerprint density at radius 1 is 1.27 bits per heavy atom. The Morgan fingerprint density at radius 2 is 1.95 bits per heavy atom. The van der Waals surface area contributed by atoms with E-state index < -0.39 is 16.1 Å². The first kappa shape index (κ1) is 16.7. The van der Waals surface area contributed by atoms with Crippen molar-refractivity contribution in [3.63, 3.8) is 0 Å². The second kappa shape index (κ2) is 7.06. The lowest BCUT2D eigenvalue weighted by atomic mass is 9.94. The van der Waals surface area contributed by atoms with Crippen molar-refractivity contribution in [2.24, 2.45) is 0 Å². The number of carbonyl (C=O) groups excluding carboxylic acids is 1. The average Bonchev–Trinajstić information content (AvgIpc) is 2.40. The largest absolute Gasteiger partial charge is 0.446 e. The SMILES string of the molecule is CS(=O)(=O)N[C@H]1CCC[C@@H](OC(=O)Nc2ccc(F)cc2)C1. The van der Waals surface area contributed by atoms with Crippen LogP contribution in [0.25, 0.3) is 0 Å². The predicted octanol–water partition coefficient (Wildman–Crippen LogP) is 2.23. The van der Waals surface area contributed by atoms with Crippen molar-refractivity contribution in [1.29, 1.82) is 0 Å². The molecule has 1 amide bonds. The van der Waals surface area contributed by atoms with Crippen LogP contribution in [0.5, 0.6) is 0 Å². The van der Waals surface area contributed by atoms with Gasteiger partial charge >= 0.3 is 6.09 Å². The molecule has 0 radical (unpaired) electrons. The van der Waals surface area contributed by atoms with Gasteiger partial charge in [0.15, 0.2) is 0 Å². The van der Waals surface area contributed by atoms with Crippen LogP contribution >= 0.6 is 0 Å². The van der Waals surface area contributed by atoms with E-state index >= 15 is 0 Å². The topological polar surface area (TPSA) is 84.5 Å². The summed E-state index contributed by atoms with van der Waals surface area (Å²) in [6, 6.07) is 5.13. The van der Waals surface area contributed by atoms with Crippen molar-refractivity contribution >= 4 is 21.8 Å². The van der Waals surface area contributed by atoms with Crippen molar-refractivity contribution in [3.8, 4) is 0 Å². The van der Waals surface area contributed by atoms with E-state index in [1.54, 1.807) is 0 Å². The summed E-state index contributed by atoms with van der Waals surface area (Å²) >= 11 is 0. The number of hydrogen-bond acceptors (Lipinski definition) is 4. The number of ether oxygens (including phenoxy) is 1. The third-order valence-electron chi connectivity index (χ3n) is 3.37. The maximum absolute atomic E-state index is 12.8. The lowest BCUT2D eigenvalue weighted by Crippen LogP contribution is -2.40. The van der Waals surface area contributed by atoms with Gasteiger partial charge in [0.1, 0.15) is 11.9 Å². The van der Waals surface area contributed by atoms with Crippen LogP contribution < -0.4 is 10.0 Å². The Hall–Kier alpha value is -1.67. The smallest absolute Gasteiger partial charge is 0.411 e. The quantitative estimate of drug-likeness (QED) is 0.887. The minimum atomic E-state index is -3.27. The van der Waals surface area contributed by atoms with E-state index in [1.165, 1.54) is 24.3 Å². The van der Waals surface area contributed by atoms with Gasteiger partial charge in [0.05, 0.1) is 6.26 Å². The Labute approximate surface area is 129 Å². The first-order valence-electron chi connectivity index (χ1n) is 7.02. The van der Waals surface area contributed by atoms with E-state index in [-0.39, 0.29) is 18.0 Å². The molecular formula is C14H19FN2O4S. The Bertz CT molecular complexity index is 618. The molecule has 1 aromatic carbocycles. The number of rotatable bonds is 4. The molecule has 1 aromatic rings. The number of amides is 1. The van der Waals surface area contributed by atoms with Crippen LogP contribution in [0.1, 0.15) is 25.7 Å². The number of sulfonamides is 1. The van der Waals surface area contributed by atoms with Gasteiger partial charge in [0.2, 0.25) is 10.0 Å². The fraction of sp³-hybridized carbons (Fsp3) is 0.500. The van der Waals surface area contributed by atoms with Gasteiger partial charge in [-0.1, -0.05) is 0 Å². The van der Waals surface area contributed by atoms with E-state index in [0.717, 1.165) is 19.1 Å². The average molecular weight is 330 g/mol. The van der Waals surface area contributed by atoms with Gasteiger partial charge in [-0.2, -0.15) is 0 Å². The van der Waals surface area contributed by atoms with E-state index in [4.69, 9.17) is 4.74 Å². The first-order chi connectivity index (χ1) is 10.3. The number of carbonyl (C=O) groups is 1. The summed E-state index contributed by atoms with van der Waals surface area (Å²) < 4.78 is 43.1. The Kier molecular flexibility index (Phi) is 5.36. The summed E-state index contributed by atoms with van der Waals surface area (Å²) in [6.07, 6.45) is 2.79. The maximum atomic E-state index is 12.8. The zero-order valence-corrected chi connectivity index (χ0v) is 13.0. The summed E-state index contributed by atoms with van der Waals surface area (Å²) in [4.78, 5) is 11.8. The summed E-state index contributed by atoms with van der Waals surface area (Å²) in [6.45, 7) is 0. The molecule has 0 aromatic heterocycles. The molecule has 0 unspecified atom stereocenters. The second-order valence-corrected chi connectivity index (χ2v) is 7.19. The van der Waals surface area contributed by atoms with E-state index in [9.17, 15) is 17.6 Å². The van der Waals surface area contributed by atoms with Crippen molar-refractivity contribution in [1.82, 2.24) is 4.72 Å². The van der Waals surface area contributed by atoms with Crippen LogP contribution in [0.2, 0.25) is 0 Å². The number of anilines is 1. The highest BCUT2D eigenvalue weighted by molar-refractivity contribution is 7.88. The molecule has 2 atom stereocenters. The number of hydrogen-bond donors (Lipinski definition) is 2. The molecule has 1 fully saturated rings. The number of halogens is 1. The molecule has 8 heteroatoms. The molecule has 1 aliphatic carbocycles. The van der Waals surface area contributed by atoms with Crippen molar-refractivity contribution < 1.29 is 22.3 Å². The van der Waals surface area contributed by atoms with Crippen LogP contribution in [0.4, 0.5) is 14.9 Å². The molecule has 1 saturated carbocycles. The van der Waals surface area contributed by atoms with Gasteiger partial charge < -0.3 is 4.74 Å². The summed E-state index contributed by atoms with van der Waals surface area (Å²) in [5.41, 5.74) is 0.438. The monoisotopic (exact) mass is 330 g/mol. The molecule has 2 rings (SSSR count). The Balaban J connectivity index is 1.84. The molecule has 22 heavy (non-hydrogen) atoms. The normalized spacial score (nSPS) is 22.1. The number of nitrogens with one attached hydrogen (secondary N) is 2. The fourth-order valence-electron chi connectivity index (χ4n) is 2.49. The molecule has 0 heterocycles. The minimum Gasteiger partial charge on any atom is -0.446 e. The Morgan fingerprint density at radius 3 is 2.59 bits per heavy atom. The summed E-state index contributed by atoms with van der Waals surface area (Å²) in [7, 11) is -3.27. The van der Waals surface area contributed by atoms with Crippen LogP contribution in [0, 0.1) is 5.82 Å². The minimum absolute atomic E-state index is 0.215. The van der Waals surface area contributed by atoms with Gasteiger partial charge in [0.25, 0.3) is 0 Å². The standard InChI is InChI=1S/C14H19FN2O4S/c1-22(19,20)17-12-3-2-4-13(9-12)21-14(18)16-11-7-5-10(15)6-8-11/h5-8,12-13,17H,2-4,9H2,1H3,(H,16,18)/t12-,13+/m0/s1. The molecule has 0 spiro atoms. The fourth-order valence-corrected chi connectivity index (χ4v) is 3.31. The zero-order valence-electron chi connectivity index (χ0n) is 12.2. The molecule has 2 N–H and O–H groups in total. The molecule has 122 valence electrons. The lowest BCUT2D eigenvalue weighted by Gasteiger charge is -2.28. The van der Waals surface area contributed by atoms with Crippen molar-refractivity contribution in [3.05, 3.63) is 30.1 Å². The number of benzene rings is 1. The molecule has 6 nitrogen and oxygen atoms in total. The third kappa shape index (κ3) is 5.61. The maximum Gasteiger partial charge on any atom is 0.411 e. The second-order valence-electron chi connectivity index (χ2n) is 5.41. The molecular weight excluding hydrogens is 311 g/mol. The van der Waals surface area contributed by atoms with Gasteiger partial charge in [-0.25, -0.2) is 22.3 Å². The van der Waals surface area contributed by atoms with E-state index in [0.29, 0.717) is 18.5 Å². The van der Waals surface area contributed by atoms with E-state index in [1.807, 2.05) is 0 Å². The molecule has 0 bridgehead atoms. The van der Waals surface area contributed by atoms with Gasteiger partial charge in [0, 0.05) is 18.2 Å². The molecule has 0 saturated heterocycles. The van der Waals surface area contributed by atoms with Crippen LogP contribution in [0.15, 0.2) is 24.3 Å².